The van der Waals surface area contributed by atoms with Gasteiger partial charge in [0.25, 0.3) is 0 Å². The third kappa shape index (κ3) is 2.81. The average Bonchev–Trinajstić information content (AvgIpc) is 2.75. The third-order valence-electron chi connectivity index (χ3n) is 2.94. The number of carbonyl (C=O) groups is 2. The van der Waals surface area contributed by atoms with E-state index in [9.17, 15) is 9.59 Å². The minimum Gasteiger partial charge on any atom is -0.469 e. The Morgan fingerprint density at radius 2 is 1.89 bits per heavy atom. The number of nitrogens with zero attached hydrogens (tertiary/aromatic N) is 1. The minimum absolute atomic E-state index is 0.100. The zero-order valence-corrected chi connectivity index (χ0v) is 12.2. The van der Waals surface area contributed by atoms with E-state index >= 15 is 0 Å². The Morgan fingerprint density at radius 1 is 1.26 bits per heavy atom. The summed E-state index contributed by atoms with van der Waals surface area (Å²) in [4.78, 5) is 24.8. The molecule has 0 saturated carbocycles. The third-order valence-corrected chi connectivity index (χ3v) is 3.96. The fourth-order valence-electron chi connectivity index (χ4n) is 1.98. The van der Waals surface area contributed by atoms with E-state index in [1.54, 1.807) is 0 Å². The summed E-state index contributed by atoms with van der Waals surface area (Å²) in [6, 6.07) is 2.99. The number of halogens is 3. The highest BCUT2D eigenvalue weighted by Gasteiger charge is 2.36. The van der Waals surface area contributed by atoms with Gasteiger partial charge >= 0.3 is 5.97 Å². The van der Waals surface area contributed by atoms with Gasteiger partial charge in [0.05, 0.1) is 33.8 Å². The molecule has 1 amide bonds. The minimum atomic E-state index is -0.483. The van der Waals surface area contributed by atoms with Crippen molar-refractivity contribution in [2.75, 3.05) is 18.6 Å². The SMILES string of the molecule is COC(=O)C1CC(=O)N(c2cc(Cl)c(Cl)cc2Cl)C1. The molecule has 1 fully saturated rings. The van der Waals surface area contributed by atoms with Gasteiger partial charge in [0, 0.05) is 13.0 Å². The van der Waals surface area contributed by atoms with Crippen LogP contribution in [0.3, 0.4) is 0 Å². The highest BCUT2D eigenvalue weighted by atomic mass is 35.5. The topological polar surface area (TPSA) is 46.6 Å². The molecule has 0 N–H and O–H groups in total. The van der Waals surface area contributed by atoms with E-state index in [2.05, 4.69) is 4.74 Å². The zero-order valence-electron chi connectivity index (χ0n) is 9.95. The lowest BCUT2D eigenvalue weighted by molar-refractivity contribution is -0.145. The first-order chi connectivity index (χ1) is 8.93. The maximum atomic E-state index is 11.9. The van der Waals surface area contributed by atoms with E-state index in [4.69, 9.17) is 34.8 Å². The molecule has 19 heavy (non-hydrogen) atoms. The van der Waals surface area contributed by atoms with Crippen molar-refractivity contribution < 1.29 is 14.3 Å². The highest BCUT2D eigenvalue weighted by molar-refractivity contribution is 6.44. The summed E-state index contributed by atoms with van der Waals surface area (Å²) in [5.41, 5.74) is 0.451. The van der Waals surface area contributed by atoms with Crippen molar-refractivity contribution in [2.45, 2.75) is 6.42 Å². The average molecular weight is 323 g/mol. The first kappa shape index (κ1) is 14.4. The second-order valence-corrected chi connectivity index (χ2v) is 5.37. The highest BCUT2D eigenvalue weighted by Crippen LogP contribution is 2.37. The molecular weight excluding hydrogens is 312 g/mol. The van der Waals surface area contributed by atoms with Crippen LogP contribution in [-0.4, -0.2) is 25.5 Å². The number of ether oxygens (including phenoxy) is 1. The second-order valence-electron chi connectivity index (χ2n) is 4.15. The molecule has 0 spiro atoms. The van der Waals surface area contributed by atoms with E-state index in [-0.39, 0.29) is 18.9 Å². The standard InChI is InChI=1S/C12H10Cl3NO3/c1-19-12(18)6-2-11(17)16(5-6)10-4-8(14)7(13)3-9(10)15/h3-4,6H,2,5H2,1H3. The van der Waals surface area contributed by atoms with Crippen molar-refractivity contribution in [3.05, 3.63) is 27.2 Å². The van der Waals surface area contributed by atoms with Gasteiger partial charge in [-0.3, -0.25) is 9.59 Å². The lowest BCUT2D eigenvalue weighted by Gasteiger charge is -2.18. The van der Waals surface area contributed by atoms with Crippen molar-refractivity contribution in [1.29, 1.82) is 0 Å². The van der Waals surface area contributed by atoms with Crippen LogP contribution in [0.1, 0.15) is 6.42 Å². The molecule has 1 aromatic rings. The summed E-state index contributed by atoms with van der Waals surface area (Å²) in [6.45, 7) is 0.225. The number of benzene rings is 1. The Kier molecular flexibility index (Phi) is 4.23. The predicted molar refractivity (Wildman–Crippen MR) is 73.9 cm³/mol. The van der Waals surface area contributed by atoms with Crippen molar-refractivity contribution in [3.8, 4) is 0 Å². The molecular formula is C12H10Cl3NO3. The van der Waals surface area contributed by atoms with E-state index in [0.29, 0.717) is 20.8 Å². The molecule has 102 valence electrons. The van der Waals surface area contributed by atoms with Crippen LogP contribution >= 0.6 is 34.8 Å². The summed E-state index contributed by atoms with van der Waals surface area (Å²) < 4.78 is 4.64. The number of esters is 1. The van der Waals surface area contributed by atoms with Crippen LogP contribution in [-0.2, 0) is 14.3 Å². The molecule has 0 bridgehead atoms. The molecule has 1 unspecified atom stereocenters. The zero-order chi connectivity index (χ0) is 14.2. The van der Waals surface area contributed by atoms with Crippen LogP contribution in [0.2, 0.25) is 15.1 Å². The quantitative estimate of drug-likeness (QED) is 0.620. The van der Waals surface area contributed by atoms with E-state index < -0.39 is 11.9 Å². The molecule has 0 radical (unpaired) electrons. The Labute approximate surface area is 125 Å². The van der Waals surface area contributed by atoms with Gasteiger partial charge < -0.3 is 9.64 Å². The molecule has 1 heterocycles. The van der Waals surface area contributed by atoms with Gasteiger partial charge in [-0.25, -0.2) is 0 Å². The van der Waals surface area contributed by atoms with Crippen molar-refractivity contribution in [2.24, 2.45) is 5.92 Å². The lowest BCUT2D eigenvalue weighted by atomic mass is 10.1. The fraction of sp³-hybridized carbons (Fsp3) is 0.333. The molecule has 1 aromatic carbocycles. The van der Waals surface area contributed by atoms with Gasteiger partial charge in [-0.05, 0) is 12.1 Å². The number of methoxy groups -OCH3 is 1. The van der Waals surface area contributed by atoms with Crippen LogP contribution in [0.5, 0.6) is 0 Å². The molecule has 4 nitrogen and oxygen atoms in total. The Bertz CT molecular complexity index is 547. The molecule has 1 aliphatic heterocycles. The fourth-order valence-corrected chi connectivity index (χ4v) is 2.63. The molecule has 0 aliphatic carbocycles. The van der Waals surface area contributed by atoms with Gasteiger partial charge in [-0.2, -0.15) is 0 Å². The first-order valence-corrected chi connectivity index (χ1v) is 6.60. The van der Waals surface area contributed by atoms with Crippen molar-refractivity contribution in [3.63, 3.8) is 0 Å². The predicted octanol–water partition coefficient (Wildman–Crippen LogP) is 3.17. The van der Waals surface area contributed by atoms with E-state index in [1.807, 2.05) is 0 Å². The second kappa shape index (κ2) is 5.57. The Hall–Kier alpha value is -0.970. The summed E-state index contributed by atoms with van der Waals surface area (Å²) in [6.07, 6.45) is 0.100. The van der Waals surface area contributed by atoms with Gasteiger partial charge in [0.2, 0.25) is 5.91 Å². The van der Waals surface area contributed by atoms with Gasteiger partial charge in [-0.1, -0.05) is 34.8 Å². The molecule has 2 rings (SSSR count). The number of carbonyl (C=O) groups excluding carboxylic acids is 2. The number of amides is 1. The number of hydrogen-bond acceptors (Lipinski definition) is 3. The molecule has 1 aliphatic rings. The molecule has 1 atom stereocenters. The Balaban J connectivity index is 2.30. The lowest BCUT2D eigenvalue weighted by Crippen LogP contribution is -2.26. The first-order valence-electron chi connectivity index (χ1n) is 5.46. The van der Waals surface area contributed by atoms with Gasteiger partial charge in [-0.15, -0.1) is 0 Å². The summed E-state index contributed by atoms with van der Waals surface area (Å²) in [5, 5.41) is 0.926. The van der Waals surface area contributed by atoms with Crippen molar-refractivity contribution >= 4 is 52.4 Å². The number of hydrogen-bond donors (Lipinski definition) is 0. The summed E-state index contributed by atoms with van der Waals surface area (Å²) in [5.74, 6) is -1.09. The molecule has 7 heteroatoms. The van der Waals surface area contributed by atoms with Crippen LogP contribution in [0.15, 0.2) is 12.1 Å². The maximum Gasteiger partial charge on any atom is 0.311 e. The van der Waals surface area contributed by atoms with E-state index in [1.165, 1.54) is 24.1 Å². The van der Waals surface area contributed by atoms with E-state index in [0.717, 1.165) is 0 Å². The van der Waals surface area contributed by atoms with Crippen LogP contribution in [0.4, 0.5) is 5.69 Å². The normalized spacial score (nSPS) is 18.8. The molecule has 1 saturated heterocycles. The summed E-state index contributed by atoms with van der Waals surface area (Å²) >= 11 is 17.8. The summed E-state index contributed by atoms with van der Waals surface area (Å²) in [7, 11) is 1.29. The number of rotatable bonds is 2. The maximum absolute atomic E-state index is 11.9. The van der Waals surface area contributed by atoms with Crippen molar-refractivity contribution in [1.82, 2.24) is 0 Å². The number of anilines is 1. The largest absolute Gasteiger partial charge is 0.469 e. The van der Waals surface area contributed by atoms with Crippen LogP contribution in [0.25, 0.3) is 0 Å². The molecule has 0 aromatic heterocycles. The van der Waals surface area contributed by atoms with Gasteiger partial charge in [0.1, 0.15) is 0 Å². The Morgan fingerprint density at radius 3 is 2.53 bits per heavy atom. The monoisotopic (exact) mass is 321 g/mol. The smallest absolute Gasteiger partial charge is 0.311 e. The van der Waals surface area contributed by atoms with Crippen LogP contribution in [0, 0.1) is 5.92 Å². The van der Waals surface area contributed by atoms with Crippen LogP contribution < -0.4 is 4.90 Å². The van der Waals surface area contributed by atoms with Gasteiger partial charge in [0.15, 0.2) is 0 Å².